The number of hydrogen-bond acceptors (Lipinski definition) is 3. The molecule has 0 aliphatic carbocycles. The molecule has 270 valence electrons. The summed E-state index contributed by atoms with van der Waals surface area (Å²) in [6.07, 6.45) is 44.6. The Morgan fingerprint density at radius 3 is 1.00 bits per heavy atom. The zero-order valence-corrected chi connectivity index (χ0v) is 30.9. The van der Waals surface area contributed by atoms with E-state index >= 15 is 0 Å². The molecule has 0 rings (SSSR count). The van der Waals surface area contributed by atoms with Crippen LogP contribution >= 0.6 is 0 Å². The summed E-state index contributed by atoms with van der Waals surface area (Å²) in [4.78, 5) is 12.3. The van der Waals surface area contributed by atoms with Crippen LogP contribution in [-0.2, 0) is 4.79 Å². The van der Waals surface area contributed by atoms with Gasteiger partial charge in [0.25, 0.3) is 0 Å². The summed E-state index contributed by atoms with van der Waals surface area (Å²) in [6, 6.07) is -0.528. The number of aliphatic hydroxyl groups excluding tert-OH is 2. The highest BCUT2D eigenvalue weighted by molar-refractivity contribution is 5.76. The van der Waals surface area contributed by atoms with Crippen molar-refractivity contribution in [3.05, 3.63) is 0 Å². The van der Waals surface area contributed by atoms with Crippen LogP contribution in [0.1, 0.15) is 239 Å². The quantitative estimate of drug-likeness (QED) is 0.0590. The molecule has 2 unspecified atom stereocenters. The van der Waals surface area contributed by atoms with Crippen molar-refractivity contribution in [3.8, 4) is 0 Å². The van der Waals surface area contributed by atoms with Gasteiger partial charge in [-0.2, -0.15) is 0 Å². The minimum Gasteiger partial charge on any atom is -0.394 e. The van der Waals surface area contributed by atoms with Crippen molar-refractivity contribution in [1.29, 1.82) is 0 Å². The Kier molecular flexibility index (Phi) is 37.3. The fourth-order valence-corrected chi connectivity index (χ4v) is 6.66. The summed E-state index contributed by atoms with van der Waals surface area (Å²) < 4.78 is 0. The molecular formula is C41H83NO3. The van der Waals surface area contributed by atoms with Gasteiger partial charge < -0.3 is 15.5 Å². The third kappa shape index (κ3) is 34.5. The van der Waals surface area contributed by atoms with Crippen LogP contribution in [0.3, 0.4) is 0 Å². The van der Waals surface area contributed by atoms with Crippen LogP contribution in [-0.4, -0.2) is 34.9 Å². The Hall–Kier alpha value is -0.610. The zero-order chi connectivity index (χ0) is 32.9. The molecule has 0 fully saturated rings. The lowest BCUT2D eigenvalue weighted by molar-refractivity contribution is -0.123. The molecule has 4 nitrogen and oxygen atoms in total. The molecular weight excluding hydrogens is 554 g/mol. The smallest absolute Gasteiger partial charge is 0.220 e. The van der Waals surface area contributed by atoms with Crippen molar-refractivity contribution in [3.63, 3.8) is 0 Å². The highest BCUT2D eigenvalue weighted by atomic mass is 16.3. The second kappa shape index (κ2) is 37.8. The third-order valence-corrected chi connectivity index (χ3v) is 9.87. The highest BCUT2D eigenvalue weighted by Crippen LogP contribution is 2.16. The number of amides is 1. The molecule has 0 saturated heterocycles. The molecule has 0 aliphatic heterocycles. The molecule has 4 heteroatoms. The number of hydrogen-bond donors (Lipinski definition) is 3. The maximum atomic E-state index is 12.3. The Morgan fingerprint density at radius 1 is 0.444 bits per heavy atom. The SMILES string of the molecule is CCCCCCCCCCCCCCCCCCCCCCCCC(O)C(CO)NC(=O)CCCCCCCCCCCCC. The summed E-state index contributed by atoms with van der Waals surface area (Å²) in [5.74, 6) is -0.0295. The van der Waals surface area contributed by atoms with Crippen molar-refractivity contribution in [2.45, 2.75) is 251 Å². The van der Waals surface area contributed by atoms with Crippen molar-refractivity contribution in [2.24, 2.45) is 0 Å². The van der Waals surface area contributed by atoms with Gasteiger partial charge in [0, 0.05) is 6.42 Å². The number of aliphatic hydroxyl groups is 2. The molecule has 2 atom stereocenters. The number of nitrogens with one attached hydrogen (secondary N) is 1. The van der Waals surface area contributed by atoms with E-state index in [0.29, 0.717) is 12.8 Å². The number of rotatable bonds is 38. The first-order chi connectivity index (χ1) is 22.2. The van der Waals surface area contributed by atoms with Gasteiger partial charge in [-0.25, -0.2) is 0 Å². The Morgan fingerprint density at radius 2 is 0.711 bits per heavy atom. The van der Waals surface area contributed by atoms with Gasteiger partial charge in [-0.1, -0.05) is 219 Å². The van der Waals surface area contributed by atoms with Crippen molar-refractivity contribution in [1.82, 2.24) is 5.32 Å². The van der Waals surface area contributed by atoms with E-state index in [9.17, 15) is 15.0 Å². The first-order valence-corrected chi connectivity index (χ1v) is 20.7. The highest BCUT2D eigenvalue weighted by Gasteiger charge is 2.20. The first kappa shape index (κ1) is 44.4. The summed E-state index contributed by atoms with van der Waals surface area (Å²) in [7, 11) is 0. The molecule has 0 aromatic carbocycles. The van der Waals surface area contributed by atoms with E-state index in [1.165, 1.54) is 186 Å². The van der Waals surface area contributed by atoms with Gasteiger partial charge in [0.05, 0.1) is 18.8 Å². The fourth-order valence-electron chi connectivity index (χ4n) is 6.66. The average molecular weight is 638 g/mol. The Labute approximate surface area is 283 Å². The van der Waals surface area contributed by atoms with Gasteiger partial charge in [-0.3, -0.25) is 4.79 Å². The largest absolute Gasteiger partial charge is 0.394 e. The predicted octanol–water partition coefficient (Wildman–Crippen LogP) is 12.5. The number of unbranched alkanes of at least 4 members (excludes halogenated alkanes) is 31. The van der Waals surface area contributed by atoms with E-state index in [4.69, 9.17) is 0 Å². The van der Waals surface area contributed by atoms with Crippen LogP contribution in [0.15, 0.2) is 0 Å². The first-order valence-electron chi connectivity index (χ1n) is 20.7. The van der Waals surface area contributed by atoms with Gasteiger partial charge in [-0.15, -0.1) is 0 Å². The zero-order valence-electron chi connectivity index (χ0n) is 30.9. The van der Waals surface area contributed by atoms with Crippen molar-refractivity contribution in [2.75, 3.05) is 6.61 Å². The van der Waals surface area contributed by atoms with E-state index in [0.717, 1.165) is 25.7 Å². The molecule has 0 radical (unpaired) electrons. The molecule has 0 bridgehead atoms. The standard InChI is InChI=1S/C41H83NO3/c1-3-5-7-9-11-13-15-16-17-18-19-20-21-22-23-24-25-27-28-30-32-34-36-40(44)39(38-43)42-41(45)37-35-33-31-29-26-14-12-10-8-6-4-2/h39-40,43-44H,3-38H2,1-2H3,(H,42,45). The maximum Gasteiger partial charge on any atom is 0.220 e. The van der Waals surface area contributed by atoms with E-state index in [1.807, 2.05) is 0 Å². The molecule has 0 saturated carbocycles. The van der Waals surface area contributed by atoms with E-state index in [1.54, 1.807) is 0 Å². The van der Waals surface area contributed by atoms with Crippen molar-refractivity contribution >= 4 is 5.91 Å². The molecule has 0 heterocycles. The molecule has 45 heavy (non-hydrogen) atoms. The third-order valence-electron chi connectivity index (χ3n) is 9.87. The molecule has 3 N–H and O–H groups in total. The van der Waals surface area contributed by atoms with Gasteiger partial charge in [0.15, 0.2) is 0 Å². The van der Waals surface area contributed by atoms with Gasteiger partial charge in [0.2, 0.25) is 5.91 Å². The van der Waals surface area contributed by atoms with E-state index in [2.05, 4.69) is 19.2 Å². The Bertz CT molecular complexity index is 569. The van der Waals surface area contributed by atoms with Gasteiger partial charge in [-0.05, 0) is 12.8 Å². The van der Waals surface area contributed by atoms with Crippen LogP contribution < -0.4 is 5.32 Å². The lowest BCUT2D eigenvalue weighted by Crippen LogP contribution is -2.45. The summed E-state index contributed by atoms with van der Waals surface area (Å²) >= 11 is 0. The van der Waals surface area contributed by atoms with Crippen LogP contribution in [0.2, 0.25) is 0 Å². The fraction of sp³-hybridized carbons (Fsp3) is 0.976. The minimum absolute atomic E-state index is 0.0295. The predicted molar refractivity (Wildman–Crippen MR) is 198 cm³/mol. The average Bonchev–Trinajstić information content (AvgIpc) is 3.04. The van der Waals surface area contributed by atoms with Crippen LogP contribution in [0.4, 0.5) is 0 Å². The van der Waals surface area contributed by atoms with Crippen LogP contribution in [0.25, 0.3) is 0 Å². The van der Waals surface area contributed by atoms with E-state index < -0.39 is 12.1 Å². The lowest BCUT2D eigenvalue weighted by atomic mass is 10.0. The summed E-state index contributed by atoms with van der Waals surface area (Å²) in [5.41, 5.74) is 0. The molecule has 1 amide bonds. The van der Waals surface area contributed by atoms with Crippen molar-refractivity contribution < 1.29 is 15.0 Å². The monoisotopic (exact) mass is 638 g/mol. The summed E-state index contributed by atoms with van der Waals surface area (Å²) in [6.45, 7) is 4.36. The van der Waals surface area contributed by atoms with Gasteiger partial charge >= 0.3 is 0 Å². The van der Waals surface area contributed by atoms with E-state index in [-0.39, 0.29) is 12.5 Å². The second-order valence-electron chi connectivity index (χ2n) is 14.4. The minimum atomic E-state index is -0.651. The summed E-state index contributed by atoms with van der Waals surface area (Å²) in [5, 5.41) is 23.1. The normalized spacial score (nSPS) is 12.9. The maximum absolute atomic E-state index is 12.3. The van der Waals surface area contributed by atoms with Crippen LogP contribution in [0, 0.1) is 0 Å². The molecule has 0 aliphatic rings. The molecule has 0 aromatic heterocycles. The van der Waals surface area contributed by atoms with Gasteiger partial charge in [0.1, 0.15) is 0 Å². The van der Waals surface area contributed by atoms with Crippen LogP contribution in [0.5, 0.6) is 0 Å². The second-order valence-corrected chi connectivity index (χ2v) is 14.4. The topological polar surface area (TPSA) is 69.6 Å². The Balaban J connectivity index is 3.44. The molecule has 0 spiro atoms. The number of carbonyl (C=O) groups is 1. The molecule has 0 aromatic rings. The lowest BCUT2D eigenvalue weighted by Gasteiger charge is -2.22. The number of carbonyl (C=O) groups excluding carboxylic acids is 1.